The number of nitrogens with zero attached hydrogens (tertiary/aromatic N) is 2. The summed E-state index contributed by atoms with van der Waals surface area (Å²) in [5.74, 6) is 2.08. The fourth-order valence-corrected chi connectivity index (χ4v) is 4.73. The van der Waals surface area contributed by atoms with Gasteiger partial charge in [-0.3, -0.25) is 4.79 Å². The van der Waals surface area contributed by atoms with Crippen molar-refractivity contribution >= 4 is 34.2 Å². The first kappa shape index (κ1) is 23.0. The molecule has 7 heteroatoms. The molecule has 0 saturated heterocycles. The van der Waals surface area contributed by atoms with Gasteiger partial charge in [0, 0.05) is 30.0 Å². The van der Waals surface area contributed by atoms with E-state index in [-0.39, 0.29) is 5.91 Å². The molecule has 5 rings (SSSR count). The molecule has 1 amide bonds. The Balaban J connectivity index is 1.45. The van der Waals surface area contributed by atoms with Crippen LogP contribution < -0.4 is 19.7 Å². The Morgan fingerprint density at radius 2 is 1.77 bits per heavy atom. The highest BCUT2D eigenvalue weighted by molar-refractivity contribution is 6.30. The van der Waals surface area contributed by atoms with Crippen molar-refractivity contribution in [3.63, 3.8) is 0 Å². The van der Waals surface area contributed by atoms with Crippen LogP contribution >= 0.6 is 11.6 Å². The molecule has 1 aromatic heterocycles. The number of pyridine rings is 1. The van der Waals surface area contributed by atoms with Crippen molar-refractivity contribution < 1.29 is 14.3 Å². The molecule has 0 spiro atoms. The van der Waals surface area contributed by atoms with Crippen molar-refractivity contribution in [3.8, 4) is 11.5 Å². The number of carbonyl (C=O) groups is 1. The van der Waals surface area contributed by atoms with Crippen molar-refractivity contribution in [2.75, 3.05) is 25.7 Å². The molecule has 1 aliphatic rings. The van der Waals surface area contributed by atoms with E-state index in [2.05, 4.69) is 10.2 Å². The number of halogens is 1. The topological polar surface area (TPSA) is 63.7 Å². The lowest BCUT2D eigenvalue weighted by atomic mass is 9.98. The van der Waals surface area contributed by atoms with E-state index in [9.17, 15) is 4.79 Å². The van der Waals surface area contributed by atoms with Crippen LogP contribution in [0.4, 0.5) is 5.82 Å². The number of carbonyl (C=O) groups excluding carboxylic acids is 1. The number of ether oxygens (including phenoxy) is 2. The van der Waals surface area contributed by atoms with E-state index in [1.165, 1.54) is 5.56 Å². The number of methoxy groups -OCH3 is 2. The first-order valence-electron chi connectivity index (χ1n) is 11.5. The molecule has 1 N–H and O–H groups in total. The van der Waals surface area contributed by atoms with Gasteiger partial charge < -0.3 is 19.7 Å². The quantitative estimate of drug-likeness (QED) is 0.394. The largest absolute Gasteiger partial charge is 0.493 e. The number of hydrogen-bond acceptors (Lipinski definition) is 5. The monoisotopic (exact) mass is 487 g/mol. The van der Waals surface area contributed by atoms with Crippen molar-refractivity contribution in [1.82, 2.24) is 10.3 Å². The molecule has 0 unspecified atom stereocenters. The summed E-state index contributed by atoms with van der Waals surface area (Å²) in [7, 11) is 3.29. The van der Waals surface area contributed by atoms with Gasteiger partial charge in [0.2, 0.25) is 0 Å². The standard InChI is InChI=1S/C28H26ClN3O3/c1-34-25-13-19-10-11-32(17-20(19)14-26(25)35-2)27-15-23(22-8-3-4-9-24(22)31-27)28(33)30-16-18-6-5-7-21(29)12-18/h3-9,12-15H,10-11,16-17H2,1-2H3,(H,30,33). The van der Waals surface area contributed by atoms with Gasteiger partial charge in [0.1, 0.15) is 5.82 Å². The van der Waals surface area contributed by atoms with Gasteiger partial charge in [0.15, 0.2) is 11.5 Å². The molecule has 35 heavy (non-hydrogen) atoms. The number of nitrogens with one attached hydrogen (secondary N) is 1. The predicted octanol–water partition coefficient (Wildman–Crippen LogP) is 5.40. The predicted molar refractivity (Wildman–Crippen MR) is 139 cm³/mol. The Kier molecular flexibility index (Phi) is 6.47. The van der Waals surface area contributed by atoms with Crippen LogP contribution in [-0.4, -0.2) is 31.7 Å². The van der Waals surface area contributed by atoms with Gasteiger partial charge >= 0.3 is 0 Å². The minimum Gasteiger partial charge on any atom is -0.493 e. The molecule has 0 atom stereocenters. The van der Waals surface area contributed by atoms with E-state index in [0.29, 0.717) is 29.4 Å². The summed E-state index contributed by atoms with van der Waals surface area (Å²) >= 11 is 6.09. The lowest BCUT2D eigenvalue weighted by molar-refractivity contribution is 0.0952. The van der Waals surface area contributed by atoms with E-state index >= 15 is 0 Å². The van der Waals surface area contributed by atoms with E-state index in [4.69, 9.17) is 26.1 Å². The van der Waals surface area contributed by atoms with Crippen LogP contribution in [0.1, 0.15) is 27.0 Å². The van der Waals surface area contributed by atoms with Gasteiger partial charge in [-0.1, -0.05) is 41.9 Å². The second-order valence-electron chi connectivity index (χ2n) is 8.51. The van der Waals surface area contributed by atoms with Gasteiger partial charge in [0.25, 0.3) is 5.91 Å². The van der Waals surface area contributed by atoms with Gasteiger partial charge in [-0.05, 0) is 59.5 Å². The third-order valence-electron chi connectivity index (χ3n) is 6.33. The molecule has 0 fully saturated rings. The molecule has 178 valence electrons. The summed E-state index contributed by atoms with van der Waals surface area (Å²) in [5.41, 5.74) is 4.73. The number of rotatable bonds is 6. The fraction of sp³-hybridized carbons (Fsp3) is 0.214. The number of fused-ring (bicyclic) bond motifs is 2. The van der Waals surface area contributed by atoms with Crippen molar-refractivity contribution in [2.45, 2.75) is 19.5 Å². The maximum absolute atomic E-state index is 13.3. The normalized spacial score (nSPS) is 12.8. The molecule has 0 radical (unpaired) electrons. The smallest absolute Gasteiger partial charge is 0.252 e. The number of hydrogen-bond donors (Lipinski definition) is 1. The minimum atomic E-state index is -0.145. The second-order valence-corrected chi connectivity index (χ2v) is 8.94. The molecular weight excluding hydrogens is 462 g/mol. The van der Waals surface area contributed by atoms with Crippen molar-refractivity contribution in [1.29, 1.82) is 0 Å². The van der Waals surface area contributed by atoms with Crippen LogP contribution in [0.3, 0.4) is 0 Å². The van der Waals surface area contributed by atoms with Crippen LogP contribution in [0, 0.1) is 0 Å². The Bertz CT molecular complexity index is 1410. The zero-order chi connectivity index (χ0) is 24.4. The van der Waals surface area contributed by atoms with E-state index < -0.39 is 0 Å². The van der Waals surface area contributed by atoms with E-state index in [1.54, 1.807) is 14.2 Å². The van der Waals surface area contributed by atoms with Gasteiger partial charge in [-0.2, -0.15) is 0 Å². The molecule has 0 saturated carbocycles. The number of amides is 1. The fourth-order valence-electron chi connectivity index (χ4n) is 4.51. The summed E-state index contributed by atoms with van der Waals surface area (Å²) in [6, 6.07) is 21.2. The zero-order valence-corrected chi connectivity index (χ0v) is 20.4. The summed E-state index contributed by atoms with van der Waals surface area (Å²) in [6.45, 7) is 1.85. The third kappa shape index (κ3) is 4.75. The Labute approximate surface area is 209 Å². The highest BCUT2D eigenvalue weighted by Gasteiger charge is 2.22. The van der Waals surface area contributed by atoms with E-state index in [1.807, 2.05) is 66.7 Å². The van der Waals surface area contributed by atoms with Crippen LogP contribution in [0.5, 0.6) is 11.5 Å². The molecule has 3 aromatic carbocycles. The number of benzene rings is 3. The number of anilines is 1. The van der Waals surface area contributed by atoms with Crippen LogP contribution in [0.25, 0.3) is 10.9 Å². The summed E-state index contributed by atoms with van der Waals surface area (Å²) in [5, 5.41) is 4.50. The first-order chi connectivity index (χ1) is 17.1. The first-order valence-corrected chi connectivity index (χ1v) is 11.8. The average molecular weight is 488 g/mol. The summed E-state index contributed by atoms with van der Waals surface area (Å²) < 4.78 is 11.0. The molecule has 1 aliphatic heterocycles. The maximum atomic E-state index is 13.3. The second kappa shape index (κ2) is 9.84. The van der Waals surface area contributed by atoms with Crippen LogP contribution in [-0.2, 0) is 19.5 Å². The van der Waals surface area contributed by atoms with Gasteiger partial charge in [-0.15, -0.1) is 0 Å². The Morgan fingerprint density at radius 1 is 1.00 bits per heavy atom. The lowest BCUT2D eigenvalue weighted by Gasteiger charge is -2.31. The molecular formula is C28H26ClN3O3. The Morgan fingerprint density at radius 3 is 2.54 bits per heavy atom. The minimum absolute atomic E-state index is 0.145. The molecule has 0 bridgehead atoms. The molecule has 6 nitrogen and oxygen atoms in total. The lowest BCUT2D eigenvalue weighted by Crippen LogP contribution is -2.31. The zero-order valence-electron chi connectivity index (χ0n) is 19.7. The Hall–Kier alpha value is -3.77. The summed E-state index contributed by atoms with van der Waals surface area (Å²) in [4.78, 5) is 20.4. The third-order valence-corrected chi connectivity index (χ3v) is 6.57. The highest BCUT2D eigenvalue weighted by atomic mass is 35.5. The van der Waals surface area contributed by atoms with Crippen LogP contribution in [0.15, 0.2) is 66.7 Å². The number of aromatic nitrogens is 1. The van der Waals surface area contributed by atoms with E-state index in [0.717, 1.165) is 46.6 Å². The van der Waals surface area contributed by atoms with Crippen LogP contribution in [0.2, 0.25) is 5.02 Å². The molecule has 4 aromatic rings. The van der Waals surface area contributed by atoms with Crippen molar-refractivity contribution in [3.05, 3.63) is 94.0 Å². The highest BCUT2D eigenvalue weighted by Crippen LogP contribution is 2.35. The van der Waals surface area contributed by atoms with Crippen molar-refractivity contribution in [2.24, 2.45) is 0 Å². The van der Waals surface area contributed by atoms with Gasteiger partial charge in [0.05, 0.1) is 25.3 Å². The number of para-hydroxylation sites is 1. The SMILES string of the molecule is COc1cc2c(cc1OC)CN(c1cc(C(=O)NCc3cccc(Cl)c3)c3ccccc3n1)CC2. The molecule has 0 aliphatic carbocycles. The summed E-state index contributed by atoms with van der Waals surface area (Å²) in [6.07, 6.45) is 0.848. The average Bonchev–Trinajstić information content (AvgIpc) is 2.90. The maximum Gasteiger partial charge on any atom is 0.252 e. The molecule has 2 heterocycles. The van der Waals surface area contributed by atoms with Gasteiger partial charge in [-0.25, -0.2) is 4.98 Å².